The van der Waals surface area contributed by atoms with E-state index in [2.05, 4.69) is 26.3 Å². The van der Waals surface area contributed by atoms with E-state index in [4.69, 9.17) is 4.74 Å². The molecule has 0 atom stereocenters. The lowest BCUT2D eigenvalue weighted by Crippen LogP contribution is -2.18. The maximum absolute atomic E-state index is 12.2. The van der Waals surface area contributed by atoms with Crippen molar-refractivity contribution in [2.45, 2.75) is 13.0 Å². The lowest BCUT2D eigenvalue weighted by atomic mass is 10.2. The lowest BCUT2D eigenvalue weighted by molar-refractivity contribution is -0.384. The summed E-state index contributed by atoms with van der Waals surface area (Å²) in [7, 11) is 0. The molecular weight excluding hydrogens is 428 g/mol. The molecule has 0 aliphatic carbocycles. The fourth-order valence-electron chi connectivity index (χ4n) is 2.48. The van der Waals surface area contributed by atoms with Crippen LogP contribution in [0.5, 0.6) is 5.75 Å². The maximum atomic E-state index is 12.2. The lowest BCUT2D eigenvalue weighted by Gasteiger charge is -2.11. The first-order valence-electron chi connectivity index (χ1n) is 8.45. The molecule has 0 aliphatic heterocycles. The smallest absolute Gasteiger partial charge is 0.269 e. The Kier molecular flexibility index (Phi) is 6.38. The van der Waals surface area contributed by atoms with Gasteiger partial charge in [-0.25, -0.2) is 4.68 Å². The van der Waals surface area contributed by atoms with Crippen molar-refractivity contribution in [1.29, 1.82) is 0 Å². The molecule has 3 aromatic rings. The second-order valence-corrected chi connectivity index (χ2v) is 6.72. The van der Waals surface area contributed by atoms with Crippen LogP contribution in [0.4, 0.5) is 11.5 Å². The highest BCUT2D eigenvalue weighted by atomic mass is 79.9. The minimum absolute atomic E-state index is 0.0107. The van der Waals surface area contributed by atoms with E-state index in [1.54, 1.807) is 16.9 Å². The molecule has 3 rings (SSSR count). The molecule has 1 amide bonds. The first-order chi connectivity index (χ1) is 13.5. The zero-order valence-electron chi connectivity index (χ0n) is 14.7. The van der Waals surface area contributed by atoms with Gasteiger partial charge in [0.25, 0.3) is 5.69 Å². The summed E-state index contributed by atoms with van der Waals surface area (Å²) in [5, 5.41) is 17.7. The number of nitro groups is 1. The number of benzene rings is 2. The normalized spacial score (nSPS) is 10.5. The van der Waals surface area contributed by atoms with Crippen molar-refractivity contribution >= 4 is 33.3 Å². The van der Waals surface area contributed by atoms with Crippen molar-refractivity contribution in [3.05, 3.63) is 80.9 Å². The van der Waals surface area contributed by atoms with Crippen LogP contribution in [0.3, 0.4) is 0 Å². The molecule has 8 nitrogen and oxygen atoms in total. The summed E-state index contributed by atoms with van der Waals surface area (Å²) in [6.45, 7) is 0.672. The molecule has 0 aliphatic rings. The number of nitro benzene ring substituents is 1. The average molecular weight is 445 g/mol. The molecule has 28 heavy (non-hydrogen) atoms. The third-order valence-corrected chi connectivity index (χ3v) is 4.68. The summed E-state index contributed by atoms with van der Waals surface area (Å²) in [5.74, 6) is 0.851. The molecule has 0 bridgehead atoms. The molecule has 0 saturated carbocycles. The van der Waals surface area contributed by atoms with Crippen LogP contribution in [0, 0.1) is 10.1 Å². The van der Waals surface area contributed by atoms with E-state index in [0.29, 0.717) is 18.1 Å². The second-order valence-electron chi connectivity index (χ2n) is 5.86. The van der Waals surface area contributed by atoms with Gasteiger partial charge in [0.15, 0.2) is 0 Å². The summed E-state index contributed by atoms with van der Waals surface area (Å²) in [5.41, 5.74) is 1.03. The van der Waals surface area contributed by atoms with Gasteiger partial charge in [0.2, 0.25) is 5.91 Å². The van der Waals surface area contributed by atoms with Gasteiger partial charge in [-0.15, -0.1) is 0 Å². The Hall–Kier alpha value is -3.20. The van der Waals surface area contributed by atoms with Crippen molar-refractivity contribution in [2.24, 2.45) is 0 Å². The van der Waals surface area contributed by atoms with E-state index in [-0.39, 0.29) is 24.6 Å². The monoisotopic (exact) mass is 444 g/mol. The van der Waals surface area contributed by atoms with Gasteiger partial charge in [-0.05, 0) is 23.8 Å². The van der Waals surface area contributed by atoms with Crippen LogP contribution in [-0.2, 0) is 11.3 Å². The number of ether oxygens (including phenoxy) is 1. The van der Waals surface area contributed by atoms with Crippen molar-refractivity contribution < 1.29 is 14.5 Å². The van der Waals surface area contributed by atoms with E-state index in [1.165, 1.54) is 24.3 Å². The number of hydrogen-bond acceptors (Lipinski definition) is 5. The van der Waals surface area contributed by atoms with Crippen LogP contribution >= 0.6 is 15.9 Å². The van der Waals surface area contributed by atoms with Gasteiger partial charge in [-0.1, -0.05) is 34.1 Å². The zero-order chi connectivity index (χ0) is 19.9. The number of rotatable bonds is 8. The zero-order valence-corrected chi connectivity index (χ0v) is 16.3. The second kappa shape index (κ2) is 9.14. The Bertz CT molecular complexity index is 972. The molecule has 0 radical (unpaired) electrons. The van der Waals surface area contributed by atoms with Gasteiger partial charge in [-0.2, -0.15) is 5.10 Å². The van der Waals surface area contributed by atoms with Crippen LogP contribution in [0.1, 0.15) is 12.0 Å². The average Bonchev–Trinajstić information content (AvgIpc) is 3.10. The number of carbonyl (C=O) groups excluding carboxylic acids is 1. The van der Waals surface area contributed by atoms with Crippen LogP contribution in [0.15, 0.2) is 65.3 Å². The highest BCUT2D eigenvalue weighted by Crippen LogP contribution is 2.19. The number of aromatic nitrogens is 2. The van der Waals surface area contributed by atoms with Crippen molar-refractivity contribution in [3.8, 4) is 5.75 Å². The molecular formula is C19H17BrN4O4. The molecule has 0 saturated heterocycles. The van der Waals surface area contributed by atoms with E-state index < -0.39 is 4.92 Å². The number of nitrogens with zero attached hydrogens (tertiary/aromatic N) is 3. The van der Waals surface area contributed by atoms with Gasteiger partial charge >= 0.3 is 0 Å². The molecule has 144 valence electrons. The molecule has 0 spiro atoms. The van der Waals surface area contributed by atoms with E-state index in [9.17, 15) is 14.9 Å². The molecule has 1 aromatic heterocycles. The van der Waals surface area contributed by atoms with E-state index in [0.717, 1.165) is 10.0 Å². The summed E-state index contributed by atoms with van der Waals surface area (Å²) in [6.07, 6.45) is 1.76. The van der Waals surface area contributed by atoms with Crippen molar-refractivity contribution in [1.82, 2.24) is 9.78 Å². The number of halogens is 1. The molecule has 1 heterocycles. The Morgan fingerprint density at radius 2 is 1.93 bits per heavy atom. The van der Waals surface area contributed by atoms with Crippen molar-refractivity contribution in [2.75, 3.05) is 11.9 Å². The quantitative estimate of drug-likeness (QED) is 0.417. The van der Waals surface area contributed by atoms with Crippen LogP contribution in [-0.4, -0.2) is 27.2 Å². The predicted molar refractivity (Wildman–Crippen MR) is 107 cm³/mol. The fraction of sp³-hybridized carbons (Fsp3) is 0.158. The molecule has 2 aromatic carbocycles. The summed E-state index contributed by atoms with van der Waals surface area (Å²) in [4.78, 5) is 22.3. The minimum atomic E-state index is -0.478. The van der Waals surface area contributed by atoms with E-state index in [1.807, 2.05) is 24.3 Å². The topological polar surface area (TPSA) is 99.3 Å². The van der Waals surface area contributed by atoms with Crippen molar-refractivity contribution in [3.63, 3.8) is 0 Å². The highest BCUT2D eigenvalue weighted by molar-refractivity contribution is 9.10. The van der Waals surface area contributed by atoms with Gasteiger partial charge in [0.1, 0.15) is 11.6 Å². The number of hydrogen-bond donors (Lipinski definition) is 1. The maximum Gasteiger partial charge on any atom is 0.269 e. The standard InChI is InChI=1S/C19H17BrN4O4/c20-17-4-2-1-3-14(17)13-23-18(9-11-21-23)22-19(25)10-12-28-16-7-5-15(6-8-16)24(26)27/h1-9,11H,10,12-13H2,(H,22,25). The Labute approximate surface area is 169 Å². The molecule has 1 N–H and O–H groups in total. The van der Waals surface area contributed by atoms with Gasteiger partial charge in [-0.3, -0.25) is 14.9 Å². The van der Waals surface area contributed by atoms with Crippen LogP contribution in [0.2, 0.25) is 0 Å². The number of amides is 1. The first kappa shape index (κ1) is 19.6. The third kappa shape index (κ3) is 5.17. The predicted octanol–water partition coefficient (Wildman–Crippen LogP) is 4.01. The molecule has 0 unspecified atom stereocenters. The molecule has 0 fully saturated rings. The summed E-state index contributed by atoms with van der Waals surface area (Å²) < 4.78 is 8.14. The van der Waals surface area contributed by atoms with E-state index >= 15 is 0 Å². The van der Waals surface area contributed by atoms with Gasteiger partial charge < -0.3 is 10.1 Å². The minimum Gasteiger partial charge on any atom is -0.493 e. The summed E-state index contributed by atoms with van der Waals surface area (Å²) in [6, 6.07) is 15.3. The number of carbonyl (C=O) groups is 1. The van der Waals surface area contributed by atoms with Gasteiger partial charge in [0.05, 0.1) is 30.7 Å². The van der Waals surface area contributed by atoms with Crippen LogP contribution in [0.25, 0.3) is 0 Å². The third-order valence-electron chi connectivity index (χ3n) is 3.91. The number of non-ortho nitro benzene ring substituents is 1. The largest absolute Gasteiger partial charge is 0.493 e. The Balaban J connectivity index is 1.51. The number of anilines is 1. The SMILES string of the molecule is O=C(CCOc1ccc([N+](=O)[O-])cc1)Nc1ccnn1Cc1ccccc1Br. The summed E-state index contributed by atoms with van der Waals surface area (Å²) >= 11 is 3.50. The first-order valence-corrected chi connectivity index (χ1v) is 9.24. The Morgan fingerprint density at radius 1 is 1.18 bits per heavy atom. The highest BCUT2D eigenvalue weighted by Gasteiger charge is 2.10. The molecule has 9 heteroatoms. The van der Waals surface area contributed by atoms with Crippen LogP contribution < -0.4 is 10.1 Å². The van der Waals surface area contributed by atoms with Gasteiger partial charge in [0, 0.05) is 22.7 Å². The fourth-order valence-corrected chi connectivity index (χ4v) is 2.89. The Morgan fingerprint density at radius 3 is 2.64 bits per heavy atom. The number of nitrogens with one attached hydrogen (secondary N) is 1.